The predicted molar refractivity (Wildman–Crippen MR) is 90.5 cm³/mol. The zero-order valence-electron chi connectivity index (χ0n) is 15.5. The Morgan fingerprint density at radius 1 is 1.40 bits per heavy atom. The van der Waals surface area contributed by atoms with Gasteiger partial charge in [-0.1, -0.05) is 38.5 Å². The maximum Gasteiger partial charge on any atom is 0.334 e. The Morgan fingerprint density at radius 3 is 2.72 bits per heavy atom. The van der Waals surface area contributed by atoms with Gasteiger partial charge in [0.1, 0.15) is 17.8 Å². The molecular formula is C20H26O5. The van der Waals surface area contributed by atoms with Crippen LogP contribution in [-0.4, -0.2) is 35.9 Å². The van der Waals surface area contributed by atoms with E-state index in [1.54, 1.807) is 0 Å². The Kier molecular flexibility index (Phi) is 3.50. The zero-order valence-corrected chi connectivity index (χ0v) is 15.5. The van der Waals surface area contributed by atoms with Crippen LogP contribution in [0.2, 0.25) is 0 Å². The van der Waals surface area contributed by atoms with Gasteiger partial charge in [0.05, 0.1) is 17.9 Å². The molecule has 0 bridgehead atoms. The highest BCUT2D eigenvalue weighted by Gasteiger charge is 2.72. The summed E-state index contributed by atoms with van der Waals surface area (Å²) in [6, 6.07) is 0. The largest absolute Gasteiger partial charge is 0.461 e. The van der Waals surface area contributed by atoms with Crippen LogP contribution in [0.15, 0.2) is 23.3 Å². The molecule has 7 atom stereocenters. The summed E-state index contributed by atoms with van der Waals surface area (Å²) in [7, 11) is 0. The average molecular weight is 346 g/mol. The lowest BCUT2D eigenvalue weighted by Gasteiger charge is -2.30. The summed E-state index contributed by atoms with van der Waals surface area (Å²) in [5.74, 6) is -0.834. The molecule has 0 aromatic carbocycles. The van der Waals surface area contributed by atoms with Crippen LogP contribution in [-0.2, 0) is 23.8 Å². The standard InChI is InChI=1S/C20H26O5/c1-8(2)18(21)23-12-7-9(3)13-10(4)17-20(6,25-17)15(13)16-14(12)11(5)19(22)24-16/h8,10,12,14-17H,5,7H2,1-4,6H3/t10?,12-,14+,15?,16-,17?,20?/m0/s1. The first-order chi connectivity index (χ1) is 11.7. The Balaban J connectivity index is 1.77. The molecule has 0 spiro atoms. The second kappa shape index (κ2) is 5.19. The van der Waals surface area contributed by atoms with E-state index in [1.165, 1.54) is 11.1 Å². The Bertz CT molecular complexity index is 705. The van der Waals surface area contributed by atoms with Gasteiger partial charge in [-0.25, -0.2) is 4.79 Å². The molecule has 2 aliphatic carbocycles. The number of hydrogen-bond acceptors (Lipinski definition) is 5. The molecule has 25 heavy (non-hydrogen) atoms. The number of hydrogen-bond donors (Lipinski definition) is 0. The van der Waals surface area contributed by atoms with Crippen LogP contribution < -0.4 is 0 Å². The summed E-state index contributed by atoms with van der Waals surface area (Å²) >= 11 is 0. The van der Waals surface area contributed by atoms with Crippen molar-refractivity contribution in [1.29, 1.82) is 0 Å². The third-order valence-electron chi connectivity index (χ3n) is 6.52. The van der Waals surface area contributed by atoms with Gasteiger partial charge in [-0.05, 0) is 13.8 Å². The van der Waals surface area contributed by atoms with Gasteiger partial charge in [0, 0.05) is 23.8 Å². The van der Waals surface area contributed by atoms with Crippen molar-refractivity contribution in [1.82, 2.24) is 0 Å². The van der Waals surface area contributed by atoms with Gasteiger partial charge < -0.3 is 14.2 Å². The van der Waals surface area contributed by atoms with Crippen LogP contribution in [0.4, 0.5) is 0 Å². The first-order valence-corrected chi connectivity index (χ1v) is 9.14. The number of rotatable bonds is 2. The average Bonchev–Trinajstić information content (AvgIpc) is 3.09. The van der Waals surface area contributed by atoms with Gasteiger partial charge in [-0.15, -0.1) is 0 Å². The minimum Gasteiger partial charge on any atom is -0.461 e. The van der Waals surface area contributed by atoms with E-state index >= 15 is 0 Å². The fraction of sp³-hybridized carbons (Fsp3) is 0.700. The maximum atomic E-state index is 12.3. The number of ether oxygens (including phenoxy) is 3. The molecule has 4 rings (SSSR count). The van der Waals surface area contributed by atoms with E-state index in [2.05, 4.69) is 27.4 Å². The van der Waals surface area contributed by atoms with Gasteiger partial charge in [0.15, 0.2) is 0 Å². The molecule has 4 aliphatic rings. The number of carbonyl (C=O) groups is 2. The smallest absolute Gasteiger partial charge is 0.334 e. The van der Waals surface area contributed by atoms with Crippen LogP contribution in [0.25, 0.3) is 0 Å². The van der Waals surface area contributed by atoms with Crippen molar-refractivity contribution >= 4 is 11.9 Å². The minimum absolute atomic E-state index is 0.0171. The lowest BCUT2D eigenvalue weighted by Crippen LogP contribution is -2.40. The number of esters is 2. The molecule has 0 radical (unpaired) electrons. The quantitative estimate of drug-likeness (QED) is 0.333. The molecule has 0 aromatic rings. The monoisotopic (exact) mass is 346 g/mol. The number of carbonyl (C=O) groups excluding carboxylic acids is 2. The first kappa shape index (κ1) is 16.8. The van der Waals surface area contributed by atoms with Crippen LogP contribution in [0, 0.1) is 23.7 Å². The predicted octanol–water partition coefficient (Wildman–Crippen LogP) is 2.80. The summed E-state index contributed by atoms with van der Waals surface area (Å²) < 4.78 is 17.6. The fourth-order valence-electron chi connectivity index (χ4n) is 5.27. The topological polar surface area (TPSA) is 65.1 Å². The maximum absolute atomic E-state index is 12.3. The summed E-state index contributed by atoms with van der Waals surface area (Å²) in [5.41, 5.74) is 2.68. The van der Waals surface area contributed by atoms with E-state index < -0.39 is 6.10 Å². The van der Waals surface area contributed by atoms with Crippen molar-refractivity contribution in [3.8, 4) is 0 Å². The van der Waals surface area contributed by atoms with Crippen molar-refractivity contribution in [2.45, 2.75) is 65.0 Å². The van der Waals surface area contributed by atoms with E-state index in [1.807, 2.05) is 13.8 Å². The van der Waals surface area contributed by atoms with Crippen molar-refractivity contribution in [3.05, 3.63) is 23.3 Å². The van der Waals surface area contributed by atoms with Crippen molar-refractivity contribution < 1.29 is 23.8 Å². The molecule has 2 heterocycles. The molecule has 0 aromatic heterocycles. The molecule has 3 fully saturated rings. The number of epoxide rings is 1. The van der Waals surface area contributed by atoms with Gasteiger partial charge in [0.2, 0.25) is 0 Å². The minimum atomic E-state index is -0.412. The fourth-order valence-corrected chi connectivity index (χ4v) is 5.27. The van der Waals surface area contributed by atoms with Gasteiger partial charge in [0.25, 0.3) is 0 Å². The third kappa shape index (κ3) is 2.17. The van der Waals surface area contributed by atoms with E-state index in [0.717, 1.165) is 0 Å². The SMILES string of the molecule is C=C1C(=O)O[C@@H]2C3C(=C(C)C[C@H](OC(=O)C(C)C)[C@@H]12)C(C)C1OC13C. The molecule has 2 aliphatic heterocycles. The Hall–Kier alpha value is -1.62. The van der Waals surface area contributed by atoms with Crippen molar-refractivity contribution in [2.75, 3.05) is 0 Å². The van der Waals surface area contributed by atoms with Crippen molar-refractivity contribution in [3.63, 3.8) is 0 Å². The third-order valence-corrected chi connectivity index (χ3v) is 6.52. The number of fused-ring (bicyclic) bond motifs is 5. The molecule has 0 amide bonds. The molecule has 5 nitrogen and oxygen atoms in total. The Morgan fingerprint density at radius 2 is 2.08 bits per heavy atom. The van der Waals surface area contributed by atoms with Crippen molar-refractivity contribution in [2.24, 2.45) is 23.7 Å². The first-order valence-electron chi connectivity index (χ1n) is 9.14. The Labute approximate surface area is 148 Å². The lowest BCUT2D eigenvalue weighted by molar-refractivity contribution is -0.156. The van der Waals surface area contributed by atoms with Gasteiger partial charge in [-0.2, -0.15) is 0 Å². The second-order valence-corrected chi connectivity index (χ2v) is 8.48. The highest BCUT2D eigenvalue weighted by Crippen LogP contribution is 2.64. The molecule has 2 saturated heterocycles. The molecule has 5 heteroatoms. The van der Waals surface area contributed by atoms with Crippen LogP contribution >= 0.6 is 0 Å². The highest BCUT2D eigenvalue weighted by molar-refractivity contribution is 5.91. The van der Waals surface area contributed by atoms with E-state index in [-0.39, 0.29) is 47.5 Å². The van der Waals surface area contributed by atoms with Gasteiger partial charge >= 0.3 is 11.9 Å². The van der Waals surface area contributed by atoms with E-state index in [4.69, 9.17) is 14.2 Å². The summed E-state index contributed by atoms with van der Waals surface area (Å²) in [6.45, 7) is 14.0. The zero-order chi connectivity index (χ0) is 18.3. The van der Waals surface area contributed by atoms with Crippen LogP contribution in [0.3, 0.4) is 0 Å². The van der Waals surface area contributed by atoms with Crippen LogP contribution in [0.5, 0.6) is 0 Å². The van der Waals surface area contributed by atoms with E-state index in [0.29, 0.717) is 17.9 Å². The second-order valence-electron chi connectivity index (χ2n) is 8.48. The molecule has 136 valence electrons. The summed E-state index contributed by atoms with van der Waals surface area (Å²) in [6.07, 6.45) is 0.0293. The molecular weight excluding hydrogens is 320 g/mol. The molecule has 4 unspecified atom stereocenters. The lowest BCUT2D eigenvalue weighted by atomic mass is 9.79. The summed E-state index contributed by atoms with van der Waals surface area (Å²) in [4.78, 5) is 24.5. The normalized spacial score (nSPS) is 44.9. The van der Waals surface area contributed by atoms with Crippen LogP contribution in [0.1, 0.15) is 41.0 Å². The highest BCUT2D eigenvalue weighted by atomic mass is 16.6. The molecule has 0 N–H and O–H groups in total. The molecule has 1 saturated carbocycles. The summed E-state index contributed by atoms with van der Waals surface area (Å²) in [5, 5.41) is 0. The van der Waals surface area contributed by atoms with E-state index in [9.17, 15) is 9.59 Å². The van der Waals surface area contributed by atoms with Gasteiger partial charge in [-0.3, -0.25) is 4.79 Å².